The van der Waals surface area contributed by atoms with Crippen LogP contribution in [-0.2, 0) is 6.54 Å². The summed E-state index contributed by atoms with van der Waals surface area (Å²) in [6, 6.07) is 7.42. The van der Waals surface area contributed by atoms with Crippen LogP contribution < -0.4 is 10.6 Å². The number of urea groups is 1. The van der Waals surface area contributed by atoms with Crippen LogP contribution in [0.1, 0.15) is 24.9 Å². The van der Waals surface area contributed by atoms with Gasteiger partial charge in [0.25, 0.3) is 0 Å². The fourth-order valence-corrected chi connectivity index (χ4v) is 2.93. The summed E-state index contributed by atoms with van der Waals surface area (Å²) in [7, 11) is 0. The fraction of sp³-hybridized carbons (Fsp3) is 0.263. The molecule has 27 heavy (non-hydrogen) atoms. The SMILES string of the molecule is C[C@H](NC(=O)NCCCn1cnc2ccccc21)c1c(F)cc(F)cc1F. The molecule has 0 spiro atoms. The van der Waals surface area contributed by atoms with E-state index in [4.69, 9.17) is 0 Å². The number of rotatable bonds is 6. The first kappa shape index (κ1) is 18.8. The molecule has 5 nitrogen and oxygen atoms in total. The van der Waals surface area contributed by atoms with E-state index in [2.05, 4.69) is 15.6 Å². The van der Waals surface area contributed by atoms with Crippen molar-refractivity contribution < 1.29 is 18.0 Å². The second kappa shape index (κ2) is 8.11. The number of aromatic nitrogens is 2. The van der Waals surface area contributed by atoms with E-state index in [0.29, 0.717) is 31.6 Å². The Kier molecular flexibility index (Phi) is 5.63. The Bertz CT molecular complexity index is 934. The van der Waals surface area contributed by atoms with Crippen molar-refractivity contribution in [3.8, 4) is 0 Å². The molecule has 1 aromatic heterocycles. The van der Waals surface area contributed by atoms with Gasteiger partial charge >= 0.3 is 6.03 Å². The van der Waals surface area contributed by atoms with E-state index in [-0.39, 0.29) is 5.56 Å². The number of halogens is 3. The van der Waals surface area contributed by atoms with Gasteiger partial charge in [-0.25, -0.2) is 22.9 Å². The third-order valence-corrected chi connectivity index (χ3v) is 4.21. The minimum Gasteiger partial charge on any atom is -0.338 e. The Balaban J connectivity index is 1.48. The second-order valence-electron chi connectivity index (χ2n) is 6.19. The average Bonchev–Trinajstić information content (AvgIpc) is 3.01. The van der Waals surface area contributed by atoms with Gasteiger partial charge in [-0.05, 0) is 25.5 Å². The van der Waals surface area contributed by atoms with E-state index in [9.17, 15) is 18.0 Å². The number of carbonyl (C=O) groups excluding carboxylic acids is 1. The van der Waals surface area contributed by atoms with Gasteiger partial charge in [-0.1, -0.05) is 12.1 Å². The highest BCUT2D eigenvalue weighted by Gasteiger charge is 2.19. The van der Waals surface area contributed by atoms with Crippen LogP contribution in [0.3, 0.4) is 0 Å². The molecular formula is C19H19F3N4O. The molecule has 2 amide bonds. The Labute approximate surface area is 154 Å². The maximum absolute atomic E-state index is 13.7. The summed E-state index contributed by atoms with van der Waals surface area (Å²) in [6.07, 6.45) is 2.40. The van der Waals surface area contributed by atoms with E-state index >= 15 is 0 Å². The summed E-state index contributed by atoms with van der Waals surface area (Å²) in [4.78, 5) is 16.2. The smallest absolute Gasteiger partial charge is 0.315 e. The molecule has 3 aromatic rings. The number of para-hydroxylation sites is 2. The third-order valence-electron chi connectivity index (χ3n) is 4.21. The fourth-order valence-electron chi connectivity index (χ4n) is 2.93. The molecule has 0 aliphatic heterocycles. The second-order valence-corrected chi connectivity index (χ2v) is 6.19. The number of fused-ring (bicyclic) bond motifs is 1. The van der Waals surface area contributed by atoms with Gasteiger partial charge in [-0.2, -0.15) is 0 Å². The number of amides is 2. The van der Waals surface area contributed by atoms with Crippen LogP contribution in [0.25, 0.3) is 11.0 Å². The van der Waals surface area contributed by atoms with Crippen LogP contribution in [0.5, 0.6) is 0 Å². The van der Waals surface area contributed by atoms with Crippen LogP contribution in [0.15, 0.2) is 42.7 Å². The van der Waals surface area contributed by atoms with Crippen molar-refractivity contribution in [1.82, 2.24) is 20.2 Å². The van der Waals surface area contributed by atoms with Crippen molar-refractivity contribution in [3.05, 3.63) is 65.7 Å². The van der Waals surface area contributed by atoms with Crippen molar-refractivity contribution in [3.63, 3.8) is 0 Å². The highest BCUT2D eigenvalue weighted by molar-refractivity contribution is 5.75. The zero-order chi connectivity index (χ0) is 19.4. The Hall–Kier alpha value is -3.03. The van der Waals surface area contributed by atoms with Gasteiger partial charge in [0.1, 0.15) is 17.5 Å². The van der Waals surface area contributed by atoms with Gasteiger partial charge in [-0.15, -0.1) is 0 Å². The standard InChI is InChI=1S/C19H19F3N4O/c1-12(18-14(21)9-13(20)10-15(18)22)25-19(27)23-7-4-8-26-11-24-16-5-2-3-6-17(16)26/h2-3,5-6,9-12H,4,7-8H2,1H3,(H2,23,25,27)/t12-/m0/s1. The van der Waals surface area contributed by atoms with Gasteiger partial charge in [0.15, 0.2) is 0 Å². The minimum atomic E-state index is -1.03. The molecule has 1 heterocycles. The normalized spacial score (nSPS) is 12.1. The number of hydrogen-bond donors (Lipinski definition) is 2. The van der Waals surface area contributed by atoms with Crippen LogP contribution in [0.4, 0.5) is 18.0 Å². The van der Waals surface area contributed by atoms with Gasteiger partial charge in [0.05, 0.1) is 23.4 Å². The summed E-state index contributed by atoms with van der Waals surface area (Å²) in [6.45, 7) is 2.47. The molecule has 0 aliphatic carbocycles. The monoisotopic (exact) mass is 376 g/mol. The Morgan fingerprint density at radius 1 is 1.19 bits per heavy atom. The number of nitrogens with zero attached hydrogens (tertiary/aromatic N) is 2. The predicted octanol–water partition coefficient (Wildman–Crippen LogP) is 3.90. The van der Waals surface area contributed by atoms with E-state index in [1.807, 2.05) is 28.8 Å². The van der Waals surface area contributed by atoms with E-state index in [1.165, 1.54) is 6.92 Å². The van der Waals surface area contributed by atoms with Gasteiger partial charge in [0, 0.05) is 30.8 Å². The van der Waals surface area contributed by atoms with Crippen LogP contribution in [-0.4, -0.2) is 22.1 Å². The lowest BCUT2D eigenvalue weighted by Gasteiger charge is -2.16. The molecule has 142 valence electrons. The lowest BCUT2D eigenvalue weighted by atomic mass is 10.1. The molecule has 0 saturated heterocycles. The first-order chi connectivity index (χ1) is 13.0. The topological polar surface area (TPSA) is 59.0 Å². The number of imidazole rings is 1. The average molecular weight is 376 g/mol. The number of carbonyl (C=O) groups is 1. The highest BCUT2D eigenvalue weighted by atomic mass is 19.1. The molecular weight excluding hydrogens is 357 g/mol. The lowest BCUT2D eigenvalue weighted by Crippen LogP contribution is -2.38. The van der Waals surface area contributed by atoms with Crippen LogP contribution in [0.2, 0.25) is 0 Å². The molecule has 0 unspecified atom stereocenters. The summed E-state index contributed by atoms with van der Waals surface area (Å²) in [5, 5.41) is 5.09. The summed E-state index contributed by atoms with van der Waals surface area (Å²) in [5.74, 6) is -3.07. The lowest BCUT2D eigenvalue weighted by molar-refractivity contribution is 0.237. The highest BCUT2D eigenvalue weighted by Crippen LogP contribution is 2.21. The zero-order valence-corrected chi connectivity index (χ0v) is 14.7. The zero-order valence-electron chi connectivity index (χ0n) is 14.7. The minimum absolute atomic E-state index is 0.374. The Morgan fingerprint density at radius 3 is 2.63 bits per heavy atom. The molecule has 2 N–H and O–H groups in total. The van der Waals surface area contributed by atoms with E-state index in [1.54, 1.807) is 6.33 Å². The first-order valence-corrected chi connectivity index (χ1v) is 8.54. The number of nitrogens with one attached hydrogen (secondary N) is 2. The van der Waals surface area contributed by atoms with Crippen LogP contribution >= 0.6 is 0 Å². The van der Waals surface area contributed by atoms with Crippen LogP contribution in [0, 0.1) is 17.5 Å². The van der Waals surface area contributed by atoms with Crippen molar-refractivity contribution in [2.45, 2.75) is 25.9 Å². The first-order valence-electron chi connectivity index (χ1n) is 8.54. The van der Waals surface area contributed by atoms with E-state index < -0.39 is 29.5 Å². The van der Waals surface area contributed by atoms with Gasteiger partial charge in [0.2, 0.25) is 0 Å². The molecule has 0 bridgehead atoms. The molecule has 0 fully saturated rings. The Morgan fingerprint density at radius 2 is 1.89 bits per heavy atom. The summed E-state index contributed by atoms with van der Waals surface area (Å²) in [5.41, 5.74) is 1.54. The van der Waals surface area contributed by atoms with E-state index in [0.717, 1.165) is 11.0 Å². The molecule has 8 heteroatoms. The van der Waals surface area contributed by atoms with Crippen molar-refractivity contribution in [2.75, 3.05) is 6.54 Å². The summed E-state index contributed by atoms with van der Waals surface area (Å²) < 4.78 is 42.4. The number of aryl methyl sites for hydroxylation is 1. The number of benzene rings is 2. The molecule has 1 atom stereocenters. The number of hydrogen-bond acceptors (Lipinski definition) is 2. The maximum atomic E-state index is 13.7. The third kappa shape index (κ3) is 4.39. The summed E-state index contributed by atoms with van der Waals surface area (Å²) >= 11 is 0. The molecule has 0 saturated carbocycles. The van der Waals surface area contributed by atoms with Gasteiger partial charge < -0.3 is 15.2 Å². The quantitative estimate of drug-likeness (QED) is 0.641. The largest absolute Gasteiger partial charge is 0.338 e. The van der Waals surface area contributed by atoms with Crippen molar-refractivity contribution in [2.24, 2.45) is 0 Å². The molecule has 3 rings (SSSR count). The molecule has 0 radical (unpaired) electrons. The predicted molar refractivity (Wildman–Crippen MR) is 95.6 cm³/mol. The molecule has 2 aromatic carbocycles. The van der Waals surface area contributed by atoms with Crippen molar-refractivity contribution >= 4 is 17.1 Å². The maximum Gasteiger partial charge on any atom is 0.315 e. The molecule has 0 aliphatic rings. The van der Waals surface area contributed by atoms with Crippen molar-refractivity contribution in [1.29, 1.82) is 0 Å². The van der Waals surface area contributed by atoms with Gasteiger partial charge in [-0.3, -0.25) is 0 Å².